The summed E-state index contributed by atoms with van der Waals surface area (Å²) in [5.41, 5.74) is 2.17. The zero-order valence-corrected chi connectivity index (χ0v) is 11.3. The minimum atomic E-state index is 0.741. The predicted molar refractivity (Wildman–Crippen MR) is 83.7 cm³/mol. The third kappa shape index (κ3) is 2.51. The Balaban J connectivity index is 1.94. The van der Waals surface area contributed by atoms with Crippen molar-refractivity contribution >= 4 is 27.2 Å². The number of fused-ring (bicyclic) bond motifs is 1. The zero-order chi connectivity index (χ0) is 13.1. The number of hydrogen-bond acceptors (Lipinski definition) is 3. The van der Waals surface area contributed by atoms with Gasteiger partial charge in [0.1, 0.15) is 0 Å². The predicted octanol–water partition coefficient (Wildman–Crippen LogP) is 4.56. The Kier molecular flexibility index (Phi) is 3.29. The van der Waals surface area contributed by atoms with Crippen LogP contribution in [0.25, 0.3) is 22.0 Å². The Hall–Kier alpha value is -2.13. The Morgan fingerprint density at radius 3 is 2.84 bits per heavy atom. The van der Waals surface area contributed by atoms with Crippen LogP contribution in [0.3, 0.4) is 0 Å². The highest BCUT2D eigenvalue weighted by molar-refractivity contribution is 7.14. The summed E-state index contributed by atoms with van der Waals surface area (Å²) in [4.78, 5) is 4.58. The molecule has 0 aliphatic heterocycles. The molecule has 2 nitrogen and oxygen atoms in total. The van der Waals surface area contributed by atoms with Crippen LogP contribution >= 0.6 is 11.3 Å². The van der Waals surface area contributed by atoms with Crippen molar-refractivity contribution in [3.63, 3.8) is 0 Å². The molecule has 1 heterocycles. The van der Waals surface area contributed by atoms with Gasteiger partial charge in [0.25, 0.3) is 0 Å². The maximum absolute atomic E-state index is 4.58. The number of anilines is 1. The van der Waals surface area contributed by atoms with Gasteiger partial charge in [-0.15, -0.1) is 17.9 Å². The molecule has 0 saturated heterocycles. The number of hydrogen-bond donors (Lipinski definition) is 1. The quantitative estimate of drug-likeness (QED) is 0.700. The maximum atomic E-state index is 4.58. The summed E-state index contributed by atoms with van der Waals surface area (Å²) in [6.07, 6.45) is 1.83. The molecule has 3 heteroatoms. The van der Waals surface area contributed by atoms with E-state index in [1.807, 2.05) is 6.08 Å². The van der Waals surface area contributed by atoms with Crippen LogP contribution in [-0.2, 0) is 0 Å². The molecule has 0 spiro atoms. The van der Waals surface area contributed by atoms with Crippen LogP contribution in [0.5, 0.6) is 0 Å². The van der Waals surface area contributed by atoms with E-state index < -0.39 is 0 Å². The van der Waals surface area contributed by atoms with Crippen molar-refractivity contribution in [1.82, 2.24) is 4.98 Å². The van der Waals surface area contributed by atoms with Gasteiger partial charge in [-0.05, 0) is 16.8 Å². The smallest absolute Gasteiger partial charge is 0.183 e. The van der Waals surface area contributed by atoms with Crippen LogP contribution in [0.4, 0.5) is 5.13 Å². The molecule has 3 rings (SSSR count). The molecule has 0 fully saturated rings. The topological polar surface area (TPSA) is 24.9 Å². The van der Waals surface area contributed by atoms with Gasteiger partial charge in [0.2, 0.25) is 0 Å². The third-order valence-corrected chi connectivity index (χ3v) is 3.75. The summed E-state index contributed by atoms with van der Waals surface area (Å²) in [5.74, 6) is 0. The van der Waals surface area contributed by atoms with Crippen molar-refractivity contribution in [2.75, 3.05) is 11.9 Å². The molecule has 0 aliphatic rings. The van der Waals surface area contributed by atoms with Crippen molar-refractivity contribution in [2.24, 2.45) is 0 Å². The van der Waals surface area contributed by atoms with E-state index in [0.717, 1.165) is 22.9 Å². The molecule has 3 aromatic rings. The van der Waals surface area contributed by atoms with E-state index in [-0.39, 0.29) is 0 Å². The lowest BCUT2D eigenvalue weighted by atomic mass is 10.1. The second kappa shape index (κ2) is 5.24. The molecule has 19 heavy (non-hydrogen) atoms. The Morgan fingerprint density at radius 2 is 2.00 bits per heavy atom. The highest BCUT2D eigenvalue weighted by Crippen LogP contribution is 2.27. The minimum Gasteiger partial charge on any atom is -0.358 e. The molecule has 2 aromatic carbocycles. The highest BCUT2D eigenvalue weighted by Gasteiger charge is 2.04. The second-order valence-electron chi connectivity index (χ2n) is 4.27. The van der Waals surface area contributed by atoms with E-state index in [1.54, 1.807) is 11.3 Å². The van der Waals surface area contributed by atoms with Gasteiger partial charge in [0.15, 0.2) is 5.13 Å². The molecule has 0 unspecified atom stereocenters. The number of nitrogens with one attached hydrogen (secondary N) is 1. The van der Waals surface area contributed by atoms with Crippen LogP contribution in [0, 0.1) is 0 Å². The number of thiazole rings is 1. The van der Waals surface area contributed by atoms with Crippen molar-refractivity contribution in [3.8, 4) is 11.3 Å². The first-order chi connectivity index (χ1) is 9.36. The van der Waals surface area contributed by atoms with Crippen LogP contribution < -0.4 is 5.32 Å². The fourth-order valence-electron chi connectivity index (χ4n) is 2.00. The SMILES string of the molecule is C=CCNc1nc(-c2ccc3ccccc3c2)cs1. The third-order valence-electron chi connectivity index (χ3n) is 2.95. The molecule has 0 saturated carbocycles. The largest absolute Gasteiger partial charge is 0.358 e. The van der Waals surface area contributed by atoms with Crippen LogP contribution in [-0.4, -0.2) is 11.5 Å². The molecule has 0 atom stereocenters. The zero-order valence-electron chi connectivity index (χ0n) is 10.5. The Bertz CT molecular complexity index is 715. The van der Waals surface area contributed by atoms with E-state index in [1.165, 1.54) is 10.8 Å². The molecule has 1 N–H and O–H groups in total. The monoisotopic (exact) mass is 266 g/mol. The summed E-state index contributed by atoms with van der Waals surface area (Å²) in [6, 6.07) is 14.8. The molecule has 0 aliphatic carbocycles. The van der Waals surface area contributed by atoms with Gasteiger partial charge in [-0.25, -0.2) is 4.98 Å². The fourth-order valence-corrected chi connectivity index (χ4v) is 2.73. The Labute approximate surface area is 116 Å². The van der Waals surface area contributed by atoms with Crippen molar-refractivity contribution in [2.45, 2.75) is 0 Å². The summed E-state index contributed by atoms with van der Waals surface area (Å²) in [7, 11) is 0. The standard InChI is InChI=1S/C16H14N2S/c1-2-9-17-16-18-15(11-19-16)14-8-7-12-5-3-4-6-13(12)10-14/h2-8,10-11H,1,9H2,(H,17,18). The van der Waals surface area contributed by atoms with Gasteiger partial charge in [0, 0.05) is 17.5 Å². The van der Waals surface area contributed by atoms with Gasteiger partial charge >= 0.3 is 0 Å². The van der Waals surface area contributed by atoms with E-state index in [9.17, 15) is 0 Å². The lowest BCUT2D eigenvalue weighted by Gasteiger charge is -2.01. The number of nitrogens with zero attached hydrogens (tertiary/aromatic N) is 1. The van der Waals surface area contributed by atoms with Gasteiger partial charge in [-0.1, -0.05) is 42.5 Å². The van der Waals surface area contributed by atoms with Crippen molar-refractivity contribution in [1.29, 1.82) is 0 Å². The molecule has 0 bridgehead atoms. The lowest BCUT2D eigenvalue weighted by Crippen LogP contribution is -1.96. The molecular formula is C16H14N2S. The first-order valence-corrected chi connectivity index (χ1v) is 7.04. The Morgan fingerprint density at radius 1 is 1.16 bits per heavy atom. The van der Waals surface area contributed by atoms with Gasteiger partial charge < -0.3 is 5.32 Å². The molecular weight excluding hydrogens is 252 g/mol. The first kappa shape index (κ1) is 11.9. The van der Waals surface area contributed by atoms with Gasteiger partial charge in [-0.3, -0.25) is 0 Å². The summed E-state index contributed by atoms with van der Waals surface area (Å²) in [5, 5.41) is 8.72. The second-order valence-corrected chi connectivity index (χ2v) is 5.13. The van der Waals surface area contributed by atoms with Gasteiger partial charge in [-0.2, -0.15) is 0 Å². The lowest BCUT2D eigenvalue weighted by molar-refractivity contribution is 1.29. The van der Waals surface area contributed by atoms with Crippen molar-refractivity contribution < 1.29 is 0 Å². The molecule has 0 radical (unpaired) electrons. The van der Waals surface area contributed by atoms with E-state index >= 15 is 0 Å². The van der Waals surface area contributed by atoms with Crippen LogP contribution in [0.15, 0.2) is 60.5 Å². The molecule has 1 aromatic heterocycles. The first-order valence-electron chi connectivity index (χ1n) is 6.16. The van der Waals surface area contributed by atoms with E-state index in [2.05, 4.69) is 64.7 Å². The average Bonchev–Trinajstić information content (AvgIpc) is 2.93. The summed E-state index contributed by atoms with van der Waals surface area (Å²) in [6.45, 7) is 4.43. The highest BCUT2D eigenvalue weighted by atomic mass is 32.1. The van der Waals surface area contributed by atoms with E-state index in [0.29, 0.717) is 0 Å². The number of rotatable bonds is 4. The van der Waals surface area contributed by atoms with Crippen LogP contribution in [0.2, 0.25) is 0 Å². The molecule has 94 valence electrons. The minimum absolute atomic E-state index is 0.741. The average molecular weight is 266 g/mol. The molecule has 0 amide bonds. The number of benzene rings is 2. The van der Waals surface area contributed by atoms with E-state index in [4.69, 9.17) is 0 Å². The number of aromatic nitrogens is 1. The summed E-state index contributed by atoms with van der Waals surface area (Å²) >= 11 is 1.62. The maximum Gasteiger partial charge on any atom is 0.183 e. The van der Waals surface area contributed by atoms with Crippen molar-refractivity contribution in [3.05, 3.63) is 60.5 Å². The fraction of sp³-hybridized carbons (Fsp3) is 0.0625. The van der Waals surface area contributed by atoms with Crippen LogP contribution in [0.1, 0.15) is 0 Å². The summed E-state index contributed by atoms with van der Waals surface area (Å²) < 4.78 is 0. The normalized spacial score (nSPS) is 10.5. The van der Waals surface area contributed by atoms with Gasteiger partial charge in [0.05, 0.1) is 5.69 Å².